The summed E-state index contributed by atoms with van der Waals surface area (Å²) in [5, 5.41) is 0. The van der Waals surface area contributed by atoms with Crippen LogP contribution in [0.4, 0.5) is 8.78 Å². The third kappa shape index (κ3) is 3.92. The van der Waals surface area contributed by atoms with Gasteiger partial charge in [0.1, 0.15) is 5.75 Å². The van der Waals surface area contributed by atoms with Crippen LogP contribution in [0.5, 0.6) is 5.75 Å². The normalized spacial score (nSPS) is 12.6. The van der Waals surface area contributed by atoms with Crippen LogP contribution in [0, 0.1) is 0 Å². The number of ether oxygens (including phenoxy) is 1. The molecule has 0 saturated carbocycles. The van der Waals surface area contributed by atoms with E-state index in [-0.39, 0.29) is 23.0 Å². The first-order valence-electron chi connectivity index (χ1n) is 4.77. The number of hydrogen-bond donors (Lipinski definition) is 0. The molecule has 1 unspecified atom stereocenters. The number of ketones is 1. The van der Waals surface area contributed by atoms with Crippen LogP contribution in [0.1, 0.15) is 22.8 Å². The lowest BCUT2D eigenvalue weighted by Crippen LogP contribution is -2.14. The van der Waals surface area contributed by atoms with Crippen molar-refractivity contribution in [2.45, 2.75) is 24.2 Å². The molecule has 0 heterocycles. The number of halogens is 4. The van der Waals surface area contributed by atoms with Crippen LogP contribution in [-0.2, 0) is 5.88 Å². The van der Waals surface area contributed by atoms with Gasteiger partial charge in [0.25, 0.3) is 0 Å². The van der Waals surface area contributed by atoms with Crippen molar-refractivity contribution >= 4 is 33.3 Å². The molecule has 0 N–H and O–H groups in total. The number of rotatable bonds is 5. The van der Waals surface area contributed by atoms with Crippen molar-refractivity contribution in [3.05, 3.63) is 29.3 Å². The third-order valence-corrected chi connectivity index (χ3v) is 2.77. The number of benzene rings is 1. The van der Waals surface area contributed by atoms with Gasteiger partial charge in [-0.2, -0.15) is 8.78 Å². The van der Waals surface area contributed by atoms with Gasteiger partial charge in [-0.25, -0.2) is 0 Å². The van der Waals surface area contributed by atoms with Gasteiger partial charge in [0.05, 0.1) is 10.4 Å². The molecule has 1 atom stereocenters. The molecule has 0 saturated heterocycles. The second-order valence-corrected chi connectivity index (χ2v) is 4.96. The summed E-state index contributed by atoms with van der Waals surface area (Å²) in [6.07, 6.45) is 0. The van der Waals surface area contributed by atoms with Gasteiger partial charge in [-0.15, -0.1) is 11.6 Å². The van der Waals surface area contributed by atoms with Crippen LogP contribution in [0.15, 0.2) is 18.2 Å². The van der Waals surface area contributed by atoms with Gasteiger partial charge in [-0.1, -0.05) is 22.0 Å². The Bertz CT molecular complexity index is 410. The molecule has 0 aromatic heterocycles. The van der Waals surface area contributed by atoms with Crippen molar-refractivity contribution in [1.29, 1.82) is 0 Å². The number of alkyl halides is 4. The van der Waals surface area contributed by atoms with Gasteiger partial charge < -0.3 is 4.74 Å². The summed E-state index contributed by atoms with van der Waals surface area (Å²) in [6.45, 7) is -1.36. The molecular formula is C11H10BrClF2O2. The second kappa shape index (κ2) is 6.31. The molecule has 1 aromatic rings. The highest BCUT2D eigenvalue weighted by molar-refractivity contribution is 9.10. The quantitative estimate of drug-likeness (QED) is 0.604. The first kappa shape index (κ1) is 14.4. The summed E-state index contributed by atoms with van der Waals surface area (Å²) >= 11 is 8.69. The van der Waals surface area contributed by atoms with Crippen LogP contribution in [0.3, 0.4) is 0 Å². The van der Waals surface area contributed by atoms with Gasteiger partial charge in [0.2, 0.25) is 0 Å². The summed E-state index contributed by atoms with van der Waals surface area (Å²) in [5.41, 5.74) is 0.727. The van der Waals surface area contributed by atoms with Crippen molar-refractivity contribution < 1.29 is 18.3 Å². The topological polar surface area (TPSA) is 26.3 Å². The maximum atomic E-state index is 12.2. The predicted molar refractivity (Wildman–Crippen MR) is 65.4 cm³/mol. The lowest BCUT2D eigenvalue weighted by atomic mass is 10.1. The zero-order valence-electron chi connectivity index (χ0n) is 8.92. The molecule has 0 radical (unpaired) electrons. The van der Waals surface area contributed by atoms with Gasteiger partial charge in [-0.05, 0) is 24.6 Å². The second-order valence-electron chi connectivity index (χ2n) is 3.32. The van der Waals surface area contributed by atoms with Gasteiger partial charge >= 0.3 is 6.61 Å². The minimum atomic E-state index is -2.97. The average Bonchev–Trinajstić information content (AvgIpc) is 2.27. The van der Waals surface area contributed by atoms with E-state index in [9.17, 15) is 13.6 Å². The molecule has 0 fully saturated rings. The number of carbonyl (C=O) groups excluding carboxylic acids is 1. The number of carbonyl (C=O) groups is 1. The minimum absolute atomic E-state index is 0.114. The summed E-state index contributed by atoms with van der Waals surface area (Å²) < 4.78 is 28.8. The fourth-order valence-corrected chi connectivity index (χ4v) is 1.67. The molecule has 6 heteroatoms. The van der Waals surface area contributed by atoms with Gasteiger partial charge in [0.15, 0.2) is 5.78 Å². The Labute approximate surface area is 111 Å². The van der Waals surface area contributed by atoms with E-state index < -0.39 is 11.4 Å². The third-order valence-electron chi connectivity index (χ3n) is 2.04. The molecule has 1 aromatic carbocycles. The van der Waals surface area contributed by atoms with Gasteiger partial charge in [0, 0.05) is 5.88 Å². The van der Waals surface area contributed by atoms with Crippen LogP contribution < -0.4 is 4.74 Å². The summed E-state index contributed by atoms with van der Waals surface area (Å²) in [6, 6.07) is 4.39. The SMILES string of the molecule is CC(Br)C(=O)c1ccc(CCl)cc1OC(F)F. The fourth-order valence-electron chi connectivity index (χ4n) is 1.26. The minimum Gasteiger partial charge on any atom is -0.434 e. The van der Waals surface area contributed by atoms with Gasteiger partial charge in [-0.3, -0.25) is 4.79 Å². The average molecular weight is 328 g/mol. The highest BCUT2D eigenvalue weighted by Crippen LogP contribution is 2.26. The first-order valence-corrected chi connectivity index (χ1v) is 6.22. The fraction of sp³-hybridized carbons (Fsp3) is 0.364. The summed E-state index contributed by atoms with van der Waals surface area (Å²) in [4.78, 5) is 11.3. The predicted octanol–water partition coefficient (Wildman–Crippen LogP) is 3.99. The molecule has 0 aliphatic rings. The first-order chi connectivity index (χ1) is 7.95. The summed E-state index contributed by atoms with van der Waals surface area (Å²) in [7, 11) is 0. The summed E-state index contributed by atoms with van der Waals surface area (Å²) in [5.74, 6) is -0.297. The smallest absolute Gasteiger partial charge is 0.387 e. The Hall–Kier alpha value is -0.680. The van der Waals surface area contributed by atoms with Crippen LogP contribution in [0.25, 0.3) is 0 Å². The molecule has 0 bridgehead atoms. The monoisotopic (exact) mass is 326 g/mol. The van der Waals surface area contributed by atoms with Crippen molar-refractivity contribution in [3.8, 4) is 5.75 Å². The van der Waals surface area contributed by atoms with E-state index >= 15 is 0 Å². The molecule has 0 spiro atoms. The molecule has 1 rings (SSSR count). The lowest BCUT2D eigenvalue weighted by Gasteiger charge is -2.12. The standard InChI is InChI=1S/C11H10BrClF2O2/c1-6(12)10(16)8-3-2-7(5-13)4-9(8)17-11(14)15/h2-4,6,11H,5H2,1H3. The largest absolute Gasteiger partial charge is 0.434 e. The molecule has 94 valence electrons. The number of Topliss-reactive ketones (excluding diaryl/α,β-unsaturated/α-hetero) is 1. The van der Waals surface area contributed by atoms with Crippen molar-refractivity contribution in [3.63, 3.8) is 0 Å². The zero-order chi connectivity index (χ0) is 13.0. The lowest BCUT2D eigenvalue weighted by molar-refractivity contribution is -0.0501. The Kier molecular flexibility index (Phi) is 5.33. The number of hydrogen-bond acceptors (Lipinski definition) is 2. The van der Waals surface area contributed by atoms with Crippen molar-refractivity contribution in [2.24, 2.45) is 0 Å². The van der Waals surface area contributed by atoms with E-state index in [2.05, 4.69) is 20.7 Å². The highest BCUT2D eigenvalue weighted by Gasteiger charge is 2.19. The van der Waals surface area contributed by atoms with Crippen LogP contribution in [0.2, 0.25) is 0 Å². The highest BCUT2D eigenvalue weighted by atomic mass is 79.9. The van der Waals surface area contributed by atoms with Crippen LogP contribution >= 0.6 is 27.5 Å². The molecule has 0 aliphatic carbocycles. The van der Waals surface area contributed by atoms with E-state index in [1.165, 1.54) is 12.1 Å². The maximum Gasteiger partial charge on any atom is 0.387 e. The molecular weight excluding hydrogens is 317 g/mol. The van der Waals surface area contributed by atoms with E-state index in [1.54, 1.807) is 13.0 Å². The van der Waals surface area contributed by atoms with E-state index in [0.717, 1.165) is 0 Å². The zero-order valence-corrected chi connectivity index (χ0v) is 11.3. The van der Waals surface area contributed by atoms with E-state index in [0.29, 0.717) is 5.56 Å². The van der Waals surface area contributed by atoms with E-state index in [1.807, 2.05) is 0 Å². The molecule has 0 aliphatic heterocycles. The molecule has 17 heavy (non-hydrogen) atoms. The Morgan fingerprint density at radius 2 is 2.18 bits per heavy atom. The van der Waals surface area contributed by atoms with Crippen LogP contribution in [-0.4, -0.2) is 17.2 Å². The molecule has 2 nitrogen and oxygen atoms in total. The van der Waals surface area contributed by atoms with Crippen molar-refractivity contribution in [2.75, 3.05) is 0 Å². The maximum absolute atomic E-state index is 12.2. The van der Waals surface area contributed by atoms with Crippen molar-refractivity contribution in [1.82, 2.24) is 0 Å². The molecule has 0 amide bonds. The van der Waals surface area contributed by atoms with E-state index in [4.69, 9.17) is 11.6 Å². The Morgan fingerprint density at radius 1 is 1.53 bits per heavy atom. The Balaban J connectivity index is 3.14. The Morgan fingerprint density at radius 3 is 2.65 bits per heavy atom.